The number of carbonyl (C=O) groups excluding carboxylic acids is 1. The van der Waals surface area contributed by atoms with E-state index in [0.717, 1.165) is 22.6 Å². The Kier molecular flexibility index (Phi) is 6.19. The molecule has 140 valence electrons. The fourth-order valence-corrected chi connectivity index (χ4v) is 3.66. The van der Waals surface area contributed by atoms with E-state index < -0.39 is 0 Å². The van der Waals surface area contributed by atoms with E-state index in [2.05, 4.69) is 15.5 Å². The lowest BCUT2D eigenvalue weighted by atomic mass is 10.1. The fraction of sp³-hybridized carbons (Fsp3) is 0.250. The van der Waals surface area contributed by atoms with E-state index in [-0.39, 0.29) is 11.7 Å². The SMILES string of the molecule is CCn1c(SCC(=O)Nc2ccc(C)c(C)c2)nnc1-c1cccc(Cl)c1. The lowest BCUT2D eigenvalue weighted by Crippen LogP contribution is -2.14. The van der Waals surface area contributed by atoms with Crippen LogP contribution in [0.2, 0.25) is 5.02 Å². The van der Waals surface area contributed by atoms with Gasteiger partial charge in [-0.15, -0.1) is 10.2 Å². The van der Waals surface area contributed by atoms with Gasteiger partial charge in [-0.1, -0.05) is 41.6 Å². The van der Waals surface area contributed by atoms with Gasteiger partial charge in [0.15, 0.2) is 11.0 Å². The van der Waals surface area contributed by atoms with Gasteiger partial charge >= 0.3 is 0 Å². The van der Waals surface area contributed by atoms with Crippen molar-refractivity contribution in [3.63, 3.8) is 0 Å². The van der Waals surface area contributed by atoms with Crippen LogP contribution >= 0.6 is 23.4 Å². The van der Waals surface area contributed by atoms with Crippen molar-refractivity contribution in [2.24, 2.45) is 0 Å². The summed E-state index contributed by atoms with van der Waals surface area (Å²) < 4.78 is 1.99. The number of rotatable bonds is 6. The van der Waals surface area contributed by atoms with Crippen molar-refractivity contribution in [2.75, 3.05) is 11.1 Å². The molecule has 0 aliphatic carbocycles. The Labute approximate surface area is 168 Å². The Morgan fingerprint density at radius 2 is 1.96 bits per heavy atom. The van der Waals surface area contributed by atoms with Crippen LogP contribution in [-0.4, -0.2) is 26.4 Å². The minimum absolute atomic E-state index is 0.0711. The van der Waals surface area contributed by atoms with Gasteiger partial charge in [-0.3, -0.25) is 4.79 Å². The van der Waals surface area contributed by atoms with E-state index in [1.807, 2.05) is 67.8 Å². The smallest absolute Gasteiger partial charge is 0.234 e. The van der Waals surface area contributed by atoms with E-state index in [4.69, 9.17) is 11.6 Å². The number of amides is 1. The molecule has 2 aromatic carbocycles. The number of carbonyl (C=O) groups is 1. The molecule has 0 atom stereocenters. The zero-order chi connectivity index (χ0) is 19.4. The maximum atomic E-state index is 12.3. The van der Waals surface area contributed by atoms with Crippen molar-refractivity contribution in [1.29, 1.82) is 0 Å². The largest absolute Gasteiger partial charge is 0.325 e. The van der Waals surface area contributed by atoms with Gasteiger partial charge in [-0.2, -0.15) is 0 Å². The zero-order valence-electron chi connectivity index (χ0n) is 15.5. The minimum atomic E-state index is -0.0711. The second-order valence-corrected chi connectivity index (χ2v) is 7.58. The van der Waals surface area contributed by atoms with Crippen LogP contribution in [0, 0.1) is 13.8 Å². The quantitative estimate of drug-likeness (QED) is 0.593. The summed E-state index contributed by atoms with van der Waals surface area (Å²) in [6.45, 7) is 6.80. The number of nitrogens with zero attached hydrogens (tertiary/aromatic N) is 3. The number of anilines is 1. The first kappa shape index (κ1) is 19.5. The van der Waals surface area contributed by atoms with Crippen molar-refractivity contribution in [3.05, 3.63) is 58.6 Å². The van der Waals surface area contributed by atoms with Crippen LogP contribution < -0.4 is 5.32 Å². The number of halogens is 1. The highest BCUT2D eigenvalue weighted by Crippen LogP contribution is 2.26. The average molecular weight is 401 g/mol. The Hall–Kier alpha value is -2.31. The first-order valence-corrected chi connectivity index (χ1v) is 10.0. The third-order valence-corrected chi connectivity index (χ3v) is 5.44. The molecule has 1 amide bonds. The number of aromatic nitrogens is 3. The van der Waals surface area contributed by atoms with E-state index >= 15 is 0 Å². The van der Waals surface area contributed by atoms with Crippen molar-refractivity contribution in [3.8, 4) is 11.4 Å². The summed E-state index contributed by atoms with van der Waals surface area (Å²) in [5, 5.41) is 12.8. The molecule has 0 bridgehead atoms. The van der Waals surface area contributed by atoms with Crippen LogP contribution in [0.5, 0.6) is 0 Å². The molecule has 1 aromatic heterocycles. The molecule has 0 radical (unpaired) electrons. The molecule has 7 heteroatoms. The van der Waals surface area contributed by atoms with Gasteiger partial charge in [0.2, 0.25) is 5.91 Å². The molecular formula is C20H21ClN4OS. The average Bonchev–Trinajstić information content (AvgIpc) is 3.06. The third-order valence-electron chi connectivity index (χ3n) is 4.24. The van der Waals surface area contributed by atoms with Crippen molar-refractivity contribution >= 4 is 35.0 Å². The summed E-state index contributed by atoms with van der Waals surface area (Å²) in [5.41, 5.74) is 4.06. The summed E-state index contributed by atoms with van der Waals surface area (Å²) >= 11 is 7.45. The van der Waals surface area contributed by atoms with Gasteiger partial charge in [0.05, 0.1) is 5.75 Å². The van der Waals surface area contributed by atoms with Crippen molar-refractivity contribution in [2.45, 2.75) is 32.5 Å². The van der Waals surface area contributed by atoms with Crippen LogP contribution in [-0.2, 0) is 11.3 Å². The molecule has 0 fully saturated rings. The third kappa shape index (κ3) is 4.70. The summed E-state index contributed by atoms with van der Waals surface area (Å²) in [5.74, 6) is 0.941. The summed E-state index contributed by atoms with van der Waals surface area (Å²) in [4.78, 5) is 12.3. The molecule has 0 aliphatic heterocycles. The number of hydrogen-bond acceptors (Lipinski definition) is 4. The Morgan fingerprint density at radius 1 is 1.15 bits per heavy atom. The van der Waals surface area contributed by atoms with Crippen LogP contribution in [0.15, 0.2) is 47.6 Å². The molecule has 0 saturated heterocycles. The number of nitrogens with one attached hydrogen (secondary N) is 1. The van der Waals surface area contributed by atoms with Crippen LogP contribution in [0.4, 0.5) is 5.69 Å². The molecule has 0 aliphatic rings. The highest BCUT2D eigenvalue weighted by Gasteiger charge is 2.15. The molecule has 0 saturated carbocycles. The van der Waals surface area contributed by atoms with Gasteiger partial charge in [0.25, 0.3) is 0 Å². The first-order chi connectivity index (χ1) is 13.0. The molecule has 5 nitrogen and oxygen atoms in total. The molecule has 0 unspecified atom stereocenters. The van der Waals surface area contributed by atoms with E-state index in [9.17, 15) is 4.79 Å². The molecule has 3 rings (SSSR count). The topological polar surface area (TPSA) is 59.8 Å². The fourth-order valence-electron chi connectivity index (χ4n) is 2.67. The summed E-state index contributed by atoms with van der Waals surface area (Å²) in [7, 11) is 0. The monoisotopic (exact) mass is 400 g/mol. The van der Waals surface area contributed by atoms with Gasteiger partial charge in [0, 0.05) is 22.8 Å². The predicted molar refractivity (Wildman–Crippen MR) is 111 cm³/mol. The molecular weight excluding hydrogens is 380 g/mol. The van der Waals surface area contributed by atoms with Crippen LogP contribution in [0.1, 0.15) is 18.1 Å². The molecule has 1 heterocycles. The maximum Gasteiger partial charge on any atom is 0.234 e. The minimum Gasteiger partial charge on any atom is -0.325 e. The Balaban J connectivity index is 1.69. The normalized spacial score (nSPS) is 10.8. The summed E-state index contributed by atoms with van der Waals surface area (Å²) in [6.07, 6.45) is 0. The number of hydrogen-bond donors (Lipinski definition) is 1. The van der Waals surface area contributed by atoms with Crippen molar-refractivity contribution < 1.29 is 4.79 Å². The Morgan fingerprint density at radius 3 is 2.67 bits per heavy atom. The number of aryl methyl sites for hydroxylation is 2. The zero-order valence-corrected chi connectivity index (χ0v) is 17.1. The van der Waals surface area contributed by atoms with Gasteiger partial charge in [0.1, 0.15) is 0 Å². The van der Waals surface area contributed by atoms with Crippen molar-refractivity contribution in [1.82, 2.24) is 14.8 Å². The van der Waals surface area contributed by atoms with E-state index in [0.29, 0.717) is 16.7 Å². The second-order valence-electron chi connectivity index (χ2n) is 6.20. The lowest BCUT2D eigenvalue weighted by Gasteiger charge is -2.09. The maximum absolute atomic E-state index is 12.3. The molecule has 1 N–H and O–H groups in total. The Bertz CT molecular complexity index is 970. The highest BCUT2D eigenvalue weighted by atomic mass is 35.5. The van der Waals surface area contributed by atoms with Crippen LogP contribution in [0.3, 0.4) is 0 Å². The van der Waals surface area contributed by atoms with Gasteiger partial charge < -0.3 is 9.88 Å². The van der Waals surface area contributed by atoms with Crippen LogP contribution in [0.25, 0.3) is 11.4 Å². The first-order valence-electron chi connectivity index (χ1n) is 8.67. The standard InChI is InChI=1S/C20H21ClN4OS/c1-4-25-19(15-6-5-7-16(21)11-15)23-24-20(25)27-12-18(26)22-17-9-8-13(2)14(3)10-17/h5-11H,4,12H2,1-3H3,(H,22,26). The predicted octanol–water partition coefficient (Wildman–Crippen LogP) is 4.97. The lowest BCUT2D eigenvalue weighted by molar-refractivity contribution is -0.113. The highest BCUT2D eigenvalue weighted by molar-refractivity contribution is 7.99. The molecule has 3 aromatic rings. The molecule has 27 heavy (non-hydrogen) atoms. The van der Waals surface area contributed by atoms with E-state index in [1.54, 1.807) is 0 Å². The second kappa shape index (κ2) is 8.59. The summed E-state index contributed by atoms with van der Waals surface area (Å²) in [6, 6.07) is 13.4. The van der Waals surface area contributed by atoms with Gasteiger partial charge in [-0.05, 0) is 56.2 Å². The number of benzene rings is 2. The molecule has 0 spiro atoms. The van der Waals surface area contributed by atoms with Gasteiger partial charge in [-0.25, -0.2) is 0 Å². The number of thioether (sulfide) groups is 1. The van der Waals surface area contributed by atoms with E-state index in [1.165, 1.54) is 17.3 Å².